The van der Waals surface area contributed by atoms with Gasteiger partial charge in [0.25, 0.3) is 0 Å². The zero-order valence-corrected chi connectivity index (χ0v) is 10.8. The highest BCUT2D eigenvalue weighted by Gasteiger charge is 2.06. The van der Waals surface area contributed by atoms with Crippen LogP contribution in [0.1, 0.15) is 16.7 Å². The maximum absolute atomic E-state index is 8.97. The van der Waals surface area contributed by atoms with Crippen LogP contribution in [-0.4, -0.2) is 4.57 Å². The first-order valence-electron chi connectivity index (χ1n) is 6.31. The summed E-state index contributed by atoms with van der Waals surface area (Å²) in [4.78, 5) is 0. The molecule has 0 aliphatic heterocycles. The second kappa shape index (κ2) is 4.62. The molecule has 3 rings (SSSR count). The third-order valence-corrected chi connectivity index (χ3v) is 3.41. The van der Waals surface area contributed by atoms with Crippen LogP contribution < -0.4 is 0 Å². The predicted molar refractivity (Wildman–Crippen MR) is 76.9 cm³/mol. The van der Waals surface area contributed by atoms with Crippen LogP contribution in [-0.2, 0) is 6.54 Å². The standard InChI is InChI=1S/C17H14N2/c1-13-11-19(12-14-5-3-2-4-6-14)17-8-7-15(10-18)9-16(13)17/h2-9,11H,12H2,1H3. The third-order valence-electron chi connectivity index (χ3n) is 3.41. The summed E-state index contributed by atoms with van der Waals surface area (Å²) in [5.74, 6) is 0. The Morgan fingerprint density at radius 2 is 1.89 bits per heavy atom. The molecule has 1 heterocycles. The van der Waals surface area contributed by atoms with E-state index in [9.17, 15) is 0 Å². The van der Waals surface area contributed by atoms with Crippen molar-refractivity contribution in [2.45, 2.75) is 13.5 Å². The molecule has 0 bridgehead atoms. The van der Waals surface area contributed by atoms with Crippen molar-refractivity contribution in [1.82, 2.24) is 4.57 Å². The lowest BCUT2D eigenvalue weighted by atomic mass is 10.1. The molecule has 0 spiro atoms. The number of benzene rings is 2. The molecule has 0 aliphatic carbocycles. The van der Waals surface area contributed by atoms with Gasteiger partial charge in [-0.1, -0.05) is 30.3 Å². The second-order valence-electron chi connectivity index (χ2n) is 4.77. The van der Waals surface area contributed by atoms with Crippen LogP contribution in [0.4, 0.5) is 0 Å². The van der Waals surface area contributed by atoms with E-state index in [1.807, 2.05) is 24.3 Å². The molecule has 92 valence electrons. The van der Waals surface area contributed by atoms with Gasteiger partial charge in [-0.3, -0.25) is 0 Å². The van der Waals surface area contributed by atoms with Crippen LogP contribution in [0.2, 0.25) is 0 Å². The summed E-state index contributed by atoms with van der Waals surface area (Å²) in [5.41, 5.74) is 4.39. The number of hydrogen-bond donors (Lipinski definition) is 0. The Bertz CT molecular complexity index is 761. The van der Waals surface area contributed by atoms with E-state index in [4.69, 9.17) is 5.26 Å². The Labute approximate surface area is 112 Å². The highest BCUT2D eigenvalue weighted by molar-refractivity contribution is 5.85. The molecule has 0 unspecified atom stereocenters. The van der Waals surface area contributed by atoms with Crippen LogP contribution >= 0.6 is 0 Å². The number of fused-ring (bicyclic) bond motifs is 1. The minimum absolute atomic E-state index is 0.716. The summed E-state index contributed by atoms with van der Waals surface area (Å²) < 4.78 is 2.24. The minimum Gasteiger partial charge on any atom is -0.343 e. The second-order valence-corrected chi connectivity index (χ2v) is 4.77. The first-order valence-corrected chi connectivity index (χ1v) is 6.31. The van der Waals surface area contributed by atoms with E-state index in [0.717, 1.165) is 11.9 Å². The summed E-state index contributed by atoms with van der Waals surface area (Å²) in [5, 5.41) is 10.1. The molecule has 0 aliphatic rings. The van der Waals surface area contributed by atoms with Gasteiger partial charge in [-0.05, 0) is 36.2 Å². The van der Waals surface area contributed by atoms with Crippen molar-refractivity contribution < 1.29 is 0 Å². The van der Waals surface area contributed by atoms with Crippen LogP contribution in [0.15, 0.2) is 54.7 Å². The van der Waals surface area contributed by atoms with Gasteiger partial charge in [0.15, 0.2) is 0 Å². The van der Waals surface area contributed by atoms with Gasteiger partial charge in [0.05, 0.1) is 11.6 Å². The maximum atomic E-state index is 8.97. The maximum Gasteiger partial charge on any atom is 0.0991 e. The normalized spacial score (nSPS) is 10.5. The number of nitriles is 1. The average Bonchev–Trinajstić information content (AvgIpc) is 2.76. The van der Waals surface area contributed by atoms with E-state index in [1.165, 1.54) is 16.6 Å². The van der Waals surface area contributed by atoms with Gasteiger partial charge in [0, 0.05) is 23.6 Å². The topological polar surface area (TPSA) is 28.7 Å². The van der Waals surface area contributed by atoms with Gasteiger partial charge in [0.2, 0.25) is 0 Å². The minimum atomic E-state index is 0.716. The van der Waals surface area contributed by atoms with Crippen LogP contribution in [0.3, 0.4) is 0 Å². The zero-order valence-electron chi connectivity index (χ0n) is 10.8. The van der Waals surface area contributed by atoms with Crippen molar-refractivity contribution in [1.29, 1.82) is 5.26 Å². The first kappa shape index (κ1) is 11.6. The Kier molecular flexibility index (Phi) is 2.81. The molecule has 0 amide bonds. The number of nitrogens with zero attached hydrogens (tertiary/aromatic N) is 2. The average molecular weight is 246 g/mol. The Balaban J connectivity index is 2.08. The fourth-order valence-corrected chi connectivity index (χ4v) is 2.46. The molecule has 0 saturated heterocycles. The molecular formula is C17H14N2. The molecule has 3 aromatic rings. The van der Waals surface area contributed by atoms with Crippen molar-refractivity contribution in [3.63, 3.8) is 0 Å². The molecule has 0 radical (unpaired) electrons. The number of aromatic nitrogens is 1. The lowest BCUT2D eigenvalue weighted by Crippen LogP contribution is -1.97. The SMILES string of the molecule is Cc1cn(Cc2ccccc2)c2ccc(C#N)cc12. The summed E-state index contributed by atoms with van der Waals surface area (Å²) in [6, 6.07) is 18.5. The summed E-state index contributed by atoms with van der Waals surface area (Å²) in [7, 11) is 0. The van der Waals surface area contributed by atoms with E-state index >= 15 is 0 Å². The first-order chi connectivity index (χ1) is 9.28. The van der Waals surface area contributed by atoms with Crippen molar-refractivity contribution in [2.75, 3.05) is 0 Å². The molecular weight excluding hydrogens is 232 g/mol. The van der Waals surface area contributed by atoms with E-state index in [0.29, 0.717) is 5.56 Å². The lowest BCUT2D eigenvalue weighted by Gasteiger charge is -2.05. The van der Waals surface area contributed by atoms with Gasteiger partial charge >= 0.3 is 0 Å². The highest BCUT2D eigenvalue weighted by atomic mass is 15.0. The zero-order chi connectivity index (χ0) is 13.2. The van der Waals surface area contributed by atoms with E-state index in [2.05, 4.69) is 48.0 Å². The molecule has 19 heavy (non-hydrogen) atoms. The molecule has 2 heteroatoms. The fourth-order valence-electron chi connectivity index (χ4n) is 2.46. The van der Waals surface area contributed by atoms with Crippen molar-refractivity contribution in [3.05, 3.63) is 71.4 Å². The molecule has 2 aromatic carbocycles. The van der Waals surface area contributed by atoms with Crippen molar-refractivity contribution in [2.24, 2.45) is 0 Å². The summed E-state index contributed by atoms with van der Waals surface area (Å²) >= 11 is 0. The van der Waals surface area contributed by atoms with Crippen molar-refractivity contribution in [3.8, 4) is 6.07 Å². The van der Waals surface area contributed by atoms with Crippen LogP contribution in [0, 0.1) is 18.3 Å². The summed E-state index contributed by atoms with van der Waals surface area (Å²) in [6.45, 7) is 2.95. The molecule has 0 atom stereocenters. The smallest absolute Gasteiger partial charge is 0.0991 e. The van der Waals surface area contributed by atoms with E-state index in [-0.39, 0.29) is 0 Å². The van der Waals surface area contributed by atoms with Crippen LogP contribution in [0.25, 0.3) is 10.9 Å². The lowest BCUT2D eigenvalue weighted by molar-refractivity contribution is 0.834. The molecule has 0 fully saturated rings. The quantitative estimate of drug-likeness (QED) is 0.674. The van der Waals surface area contributed by atoms with Gasteiger partial charge in [-0.2, -0.15) is 5.26 Å². The van der Waals surface area contributed by atoms with Gasteiger partial charge in [-0.15, -0.1) is 0 Å². The Morgan fingerprint density at radius 3 is 2.63 bits per heavy atom. The molecule has 0 N–H and O–H groups in total. The van der Waals surface area contributed by atoms with E-state index in [1.54, 1.807) is 0 Å². The largest absolute Gasteiger partial charge is 0.343 e. The van der Waals surface area contributed by atoms with Gasteiger partial charge < -0.3 is 4.57 Å². The van der Waals surface area contributed by atoms with Gasteiger partial charge in [0.1, 0.15) is 0 Å². The summed E-state index contributed by atoms with van der Waals surface area (Å²) in [6.07, 6.45) is 2.15. The number of rotatable bonds is 2. The number of aryl methyl sites for hydroxylation is 1. The molecule has 2 nitrogen and oxygen atoms in total. The number of hydrogen-bond acceptors (Lipinski definition) is 1. The fraction of sp³-hybridized carbons (Fsp3) is 0.118. The Hall–Kier alpha value is -2.53. The third kappa shape index (κ3) is 2.11. The monoisotopic (exact) mass is 246 g/mol. The van der Waals surface area contributed by atoms with Crippen LogP contribution in [0.5, 0.6) is 0 Å². The predicted octanol–water partition coefficient (Wildman–Crippen LogP) is 3.87. The highest BCUT2D eigenvalue weighted by Crippen LogP contribution is 2.23. The van der Waals surface area contributed by atoms with Crippen molar-refractivity contribution >= 4 is 10.9 Å². The molecule has 1 aromatic heterocycles. The Morgan fingerprint density at radius 1 is 1.11 bits per heavy atom. The van der Waals surface area contributed by atoms with Gasteiger partial charge in [-0.25, -0.2) is 0 Å². The molecule has 0 saturated carbocycles. The van der Waals surface area contributed by atoms with E-state index < -0.39 is 0 Å².